The molecule has 32 nitrogen and oxygen atoms in total. The monoisotopic (exact) mass is 1880 g/mol. The molecule has 2 amide bonds. The molecule has 136 heavy (non-hydrogen) atoms. The van der Waals surface area contributed by atoms with Crippen LogP contribution in [0.2, 0.25) is 0 Å². The zero-order valence-electron chi connectivity index (χ0n) is 81.5. The molecule has 0 saturated heterocycles. The first-order valence-electron chi connectivity index (χ1n) is 45.3. The van der Waals surface area contributed by atoms with E-state index in [2.05, 4.69) is 30.1 Å². The van der Waals surface area contributed by atoms with Crippen molar-refractivity contribution in [1.29, 1.82) is 0 Å². The summed E-state index contributed by atoms with van der Waals surface area (Å²) in [6, 6.07) is 36.0. The number of benzene rings is 4. The summed E-state index contributed by atoms with van der Waals surface area (Å²) in [5.41, 5.74) is 0.432. The van der Waals surface area contributed by atoms with Crippen molar-refractivity contribution in [2.45, 2.75) is 259 Å². The summed E-state index contributed by atoms with van der Waals surface area (Å²) < 4.78 is 79.6. The van der Waals surface area contributed by atoms with E-state index < -0.39 is 142 Å². The van der Waals surface area contributed by atoms with Crippen LogP contribution in [0.25, 0.3) is 90.9 Å². The molecule has 9 rings (SSSR count). The summed E-state index contributed by atoms with van der Waals surface area (Å²) in [7, 11) is 2.33. The number of H-pyrrole nitrogens is 2. The summed E-state index contributed by atoms with van der Waals surface area (Å²) >= 11 is 0. The highest BCUT2D eigenvalue weighted by Gasteiger charge is 2.39. The third kappa shape index (κ3) is 34.7. The minimum Gasteiger partial charge on any atom is -0.490 e. The molecule has 7 aromatic rings. The summed E-state index contributed by atoms with van der Waals surface area (Å²) in [6.07, 6.45) is 4.76. The Hall–Kier alpha value is -13.7. The average molecular weight is 1880 g/mol. The Morgan fingerprint density at radius 2 is 0.515 bits per heavy atom. The van der Waals surface area contributed by atoms with Crippen LogP contribution in [-0.2, 0) is 105 Å². The lowest BCUT2D eigenvalue weighted by molar-refractivity contribution is -0.158. The lowest BCUT2D eigenvalue weighted by atomic mass is 9.83. The molecule has 730 valence electrons. The van der Waals surface area contributed by atoms with Crippen LogP contribution < -0.4 is 29.6 Å². The second kappa shape index (κ2) is 46.5. The predicted molar refractivity (Wildman–Crippen MR) is 510 cm³/mol. The quantitative estimate of drug-likeness (QED) is 0.0119. The Morgan fingerprint density at radius 1 is 0.287 bits per heavy atom. The topological polar surface area (TPSA) is 415 Å². The molecular formula is C104H128N6O26. The molecule has 0 saturated carbocycles. The fraction of sp³-hybridized carbons (Fsp3) is 0.462. The van der Waals surface area contributed by atoms with Gasteiger partial charge in [-0.3, -0.25) is 57.5 Å². The minimum atomic E-state index is -1.38. The molecular weight excluding hydrogens is 1750 g/mol. The number of methoxy groups -OCH3 is 2. The van der Waals surface area contributed by atoms with E-state index in [1.54, 1.807) is 197 Å². The maximum atomic E-state index is 14.8. The first-order chi connectivity index (χ1) is 63.8. The lowest BCUT2D eigenvalue weighted by Gasteiger charge is -2.35. The van der Waals surface area contributed by atoms with Crippen molar-refractivity contribution in [2.75, 3.05) is 53.9 Å². The molecule has 0 aliphatic carbocycles. The van der Waals surface area contributed by atoms with Gasteiger partial charge >= 0.3 is 59.7 Å². The van der Waals surface area contributed by atoms with E-state index in [9.17, 15) is 57.5 Å². The molecule has 5 heterocycles. The van der Waals surface area contributed by atoms with Gasteiger partial charge in [-0.25, -0.2) is 9.97 Å². The second-order valence-corrected chi connectivity index (χ2v) is 39.0. The zero-order valence-corrected chi connectivity index (χ0v) is 81.5. The molecule has 4 N–H and O–H groups in total. The molecule has 4 aromatic carbocycles. The van der Waals surface area contributed by atoms with Crippen molar-refractivity contribution >= 4 is 118 Å². The van der Waals surface area contributed by atoms with Crippen molar-refractivity contribution in [3.05, 3.63) is 144 Å². The Bertz CT molecular complexity index is 5250. The van der Waals surface area contributed by atoms with E-state index in [0.717, 1.165) is 14.2 Å². The largest absolute Gasteiger partial charge is 0.490 e. The van der Waals surface area contributed by atoms with E-state index in [1.807, 2.05) is 72.8 Å². The number of carbonyl (C=O) groups excluding carboxylic acids is 12. The van der Waals surface area contributed by atoms with Gasteiger partial charge in [0, 0.05) is 93.9 Å². The van der Waals surface area contributed by atoms with Gasteiger partial charge in [0.15, 0.2) is 13.2 Å². The van der Waals surface area contributed by atoms with Gasteiger partial charge in [-0.05, 0) is 283 Å². The molecule has 2 aliphatic heterocycles. The van der Waals surface area contributed by atoms with E-state index >= 15 is 0 Å². The Labute approximate surface area is 793 Å². The molecule has 0 radical (unpaired) electrons. The van der Waals surface area contributed by atoms with Gasteiger partial charge in [0.1, 0.15) is 95.9 Å². The number of esters is 10. The fourth-order valence-corrected chi connectivity index (χ4v) is 15.0. The number of rotatable bonds is 42. The first kappa shape index (κ1) is 106. The maximum Gasteiger partial charge on any atom is 0.317 e. The number of aromatic amines is 2. The van der Waals surface area contributed by atoms with Crippen LogP contribution in [0.1, 0.15) is 237 Å². The average Bonchev–Trinajstić information content (AvgIpc) is 1.61. The van der Waals surface area contributed by atoms with E-state index in [1.165, 1.54) is 0 Å². The van der Waals surface area contributed by atoms with E-state index in [4.69, 9.17) is 66.8 Å². The van der Waals surface area contributed by atoms with Gasteiger partial charge in [-0.15, -0.1) is 0 Å². The summed E-state index contributed by atoms with van der Waals surface area (Å²) in [5.74, 6) is -6.65. The van der Waals surface area contributed by atoms with Gasteiger partial charge in [0.05, 0.1) is 37.0 Å². The van der Waals surface area contributed by atoms with Crippen LogP contribution >= 0.6 is 0 Å². The molecule has 2 aliphatic rings. The summed E-state index contributed by atoms with van der Waals surface area (Å²) in [6.45, 7) is 29.3. The van der Waals surface area contributed by atoms with E-state index in [0.29, 0.717) is 101 Å². The summed E-state index contributed by atoms with van der Waals surface area (Å²) in [5, 5.41) is 6.18. The van der Waals surface area contributed by atoms with Crippen molar-refractivity contribution in [3.8, 4) is 67.5 Å². The van der Waals surface area contributed by atoms with Gasteiger partial charge in [0.2, 0.25) is 0 Å². The standard InChI is InChI=1S/C104H128N6O26/c1-97(2,3)131-83(113)41-47-103(48-42-84(114)132-98(4,5)6,49-43-85(115)133-99(7,8)9)109-81(111)63-129-71-31-23-27-67(59-71)95-77-37-33-73(105-77)93(65-25-21-29-69(57-65)125-53-55-127-91(121)61-89(119)123-19)75-35-39-79(107-75)96(80-40-36-76(108-80)94(74-34-38-78(95)106-74)66-26-22-30-70(58-66)126-54-56-128-92(122)62-90(120)124-20)68-28-24-32-72(60-68)130-64-82(112)110-104(50-44-86(116)134-100(10,11)12,51-45-87(117)135-101(13,14)15)52-46-88(118)136-102(16,17)18/h21-40,57-60,105,108H,41-56,61-64H2,1-20H3,(H,109,111)(H,110,112). The smallest absolute Gasteiger partial charge is 0.317 e. The number of nitrogens with one attached hydrogen (secondary N) is 4. The highest BCUT2D eigenvalue weighted by atomic mass is 16.6. The Balaban J connectivity index is 1.22. The van der Waals surface area contributed by atoms with Crippen LogP contribution in [0.4, 0.5) is 0 Å². The van der Waals surface area contributed by atoms with Crippen molar-refractivity contribution in [1.82, 2.24) is 30.6 Å². The number of fused-ring (bicyclic) bond motifs is 8. The highest BCUT2D eigenvalue weighted by molar-refractivity contribution is 6.01. The van der Waals surface area contributed by atoms with Crippen LogP contribution in [0, 0.1) is 0 Å². The minimum absolute atomic E-state index is 0.0462. The molecule has 0 fully saturated rings. The number of nitrogens with zero attached hydrogens (tertiary/aromatic N) is 2. The number of amides is 2. The maximum absolute atomic E-state index is 14.8. The molecule has 8 bridgehead atoms. The number of hydrogen-bond donors (Lipinski definition) is 4. The third-order valence-corrected chi connectivity index (χ3v) is 20.4. The number of aromatic nitrogens is 4. The van der Waals surface area contributed by atoms with Crippen LogP contribution in [0.3, 0.4) is 0 Å². The van der Waals surface area contributed by atoms with Crippen LogP contribution in [0.5, 0.6) is 23.0 Å². The SMILES string of the molecule is COC(=O)CC(=O)OCCOc1cccc(-c2c3nc(c(-c4cccc(OCC(=O)NC(CCC(=O)OC(C)(C)C)(CCC(=O)OC(C)(C)C)CCC(=O)OC(C)(C)C)c4)c4ccc([nH]4)c(-c4cccc(OCCOC(=O)CC(=O)OC)c4)c4nc(c(-c5cccc(OCC(=O)NC(CCC(=O)OC(C)(C)C)(CCC(=O)OC(C)(C)C)CCC(=O)OC(C)(C)C)c5)c5ccc2[nH]5)C=C4)C=C3)c1. The van der Waals surface area contributed by atoms with Crippen molar-refractivity contribution < 1.29 is 124 Å². The van der Waals surface area contributed by atoms with Crippen molar-refractivity contribution in [3.63, 3.8) is 0 Å². The summed E-state index contributed by atoms with van der Waals surface area (Å²) in [4.78, 5) is 178. The van der Waals surface area contributed by atoms with Gasteiger partial charge in [0.25, 0.3) is 11.8 Å². The molecule has 0 unspecified atom stereocenters. The zero-order chi connectivity index (χ0) is 99.7. The molecule has 32 heteroatoms. The van der Waals surface area contributed by atoms with E-state index in [-0.39, 0.29) is 115 Å². The number of hydrogen-bond acceptors (Lipinski definition) is 28. The highest BCUT2D eigenvalue weighted by Crippen LogP contribution is 2.42. The normalized spacial score (nSPS) is 12.3. The fourth-order valence-electron chi connectivity index (χ4n) is 15.0. The Morgan fingerprint density at radius 3 is 0.735 bits per heavy atom. The molecule has 3 aromatic heterocycles. The third-order valence-electron chi connectivity index (χ3n) is 20.4. The predicted octanol–water partition coefficient (Wildman–Crippen LogP) is 17.5. The Kier molecular flexibility index (Phi) is 36.3. The molecule has 0 atom stereocenters. The first-order valence-corrected chi connectivity index (χ1v) is 45.3. The lowest BCUT2D eigenvalue weighted by Crippen LogP contribution is -2.51. The van der Waals surface area contributed by atoms with Crippen LogP contribution in [-0.4, -0.2) is 190 Å². The number of carbonyl (C=O) groups is 12. The van der Waals surface area contributed by atoms with Crippen LogP contribution in [0.15, 0.2) is 121 Å². The number of ether oxygens (including phenoxy) is 14. The van der Waals surface area contributed by atoms with Crippen molar-refractivity contribution in [2.24, 2.45) is 0 Å². The van der Waals surface area contributed by atoms with Gasteiger partial charge < -0.3 is 86.9 Å². The van der Waals surface area contributed by atoms with Gasteiger partial charge in [-0.2, -0.15) is 0 Å². The molecule has 0 spiro atoms. The second-order valence-electron chi connectivity index (χ2n) is 39.0. The van der Waals surface area contributed by atoms with Gasteiger partial charge in [-0.1, -0.05) is 48.5 Å².